The summed E-state index contributed by atoms with van der Waals surface area (Å²) in [7, 11) is 0. The molecule has 0 radical (unpaired) electrons. The van der Waals surface area contributed by atoms with Gasteiger partial charge in [0, 0.05) is 43.8 Å². The quantitative estimate of drug-likeness (QED) is 0.905. The molecule has 1 spiro atoms. The van der Waals surface area contributed by atoms with Crippen LogP contribution in [0.2, 0.25) is 0 Å². The SMILES string of the molecule is Cc1ccoc1C(=O)N1C[C@H](C(=O)NCC2CC2)C2(CCOCC2)C1. The summed E-state index contributed by atoms with van der Waals surface area (Å²) in [5, 5.41) is 3.12. The van der Waals surface area contributed by atoms with E-state index in [2.05, 4.69) is 5.32 Å². The highest BCUT2D eigenvalue weighted by Crippen LogP contribution is 2.45. The predicted molar refractivity (Wildman–Crippen MR) is 91.1 cm³/mol. The largest absolute Gasteiger partial charge is 0.459 e. The van der Waals surface area contributed by atoms with E-state index in [1.807, 2.05) is 6.92 Å². The Morgan fingerprint density at radius 1 is 1.32 bits per heavy atom. The summed E-state index contributed by atoms with van der Waals surface area (Å²) in [6.45, 7) is 5.04. The molecule has 2 amide bonds. The maximum Gasteiger partial charge on any atom is 0.289 e. The molecule has 2 aliphatic heterocycles. The highest BCUT2D eigenvalue weighted by atomic mass is 16.5. The van der Waals surface area contributed by atoms with Crippen molar-refractivity contribution in [3.63, 3.8) is 0 Å². The van der Waals surface area contributed by atoms with E-state index in [0.29, 0.717) is 38.0 Å². The lowest BCUT2D eigenvalue weighted by atomic mass is 9.71. The van der Waals surface area contributed by atoms with Gasteiger partial charge in [-0.3, -0.25) is 9.59 Å². The Kier molecular flexibility index (Phi) is 4.31. The van der Waals surface area contributed by atoms with Crippen LogP contribution in [0.15, 0.2) is 16.7 Å². The molecule has 0 bridgehead atoms. The van der Waals surface area contributed by atoms with Crippen LogP contribution >= 0.6 is 0 Å². The van der Waals surface area contributed by atoms with E-state index in [1.165, 1.54) is 12.8 Å². The highest BCUT2D eigenvalue weighted by Gasteiger charge is 2.52. The van der Waals surface area contributed by atoms with Crippen LogP contribution in [0.4, 0.5) is 0 Å². The molecule has 1 aromatic heterocycles. The van der Waals surface area contributed by atoms with Crippen LogP contribution in [0.3, 0.4) is 0 Å². The predicted octanol–water partition coefficient (Wildman–Crippen LogP) is 1.98. The van der Waals surface area contributed by atoms with Crippen molar-refractivity contribution in [2.24, 2.45) is 17.3 Å². The first kappa shape index (κ1) is 16.6. The number of aryl methyl sites for hydroxylation is 1. The van der Waals surface area contributed by atoms with Crippen LogP contribution < -0.4 is 5.32 Å². The van der Waals surface area contributed by atoms with Gasteiger partial charge in [-0.1, -0.05) is 0 Å². The lowest BCUT2D eigenvalue weighted by Gasteiger charge is -2.37. The number of rotatable bonds is 4. The van der Waals surface area contributed by atoms with Gasteiger partial charge in [0.1, 0.15) is 0 Å². The van der Waals surface area contributed by atoms with Crippen molar-refractivity contribution in [2.45, 2.75) is 32.6 Å². The van der Waals surface area contributed by atoms with Crippen LogP contribution in [0.25, 0.3) is 0 Å². The van der Waals surface area contributed by atoms with Crippen molar-refractivity contribution >= 4 is 11.8 Å². The molecule has 4 rings (SSSR count). The number of carbonyl (C=O) groups is 2. The number of amides is 2. The van der Waals surface area contributed by atoms with Gasteiger partial charge in [-0.25, -0.2) is 0 Å². The third kappa shape index (κ3) is 3.19. The smallest absolute Gasteiger partial charge is 0.289 e. The molecule has 1 aliphatic carbocycles. The zero-order chi connectivity index (χ0) is 17.4. The average molecular weight is 346 g/mol. The minimum Gasteiger partial charge on any atom is -0.459 e. The lowest BCUT2D eigenvalue weighted by Crippen LogP contribution is -2.44. The molecular weight excluding hydrogens is 320 g/mol. The second-order valence-electron chi connectivity index (χ2n) is 7.83. The zero-order valence-corrected chi connectivity index (χ0v) is 14.8. The molecule has 3 fully saturated rings. The average Bonchev–Trinajstić information content (AvgIpc) is 3.25. The number of hydrogen-bond acceptors (Lipinski definition) is 4. The molecule has 2 saturated heterocycles. The van der Waals surface area contributed by atoms with E-state index in [1.54, 1.807) is 17.2 Å². The Balaban J connectivity index is 1.52. The van der Waals surface area contributed by atoms with Gasteiger partial charge in [0.15, 0.2) is 5.76 Å². The third-order valence-corrected chi connectivity index (χ3v) is 6.06. The standard InChI is InChI=1S/C19H26N2O4/c1-13-4-7-25-16(13)18(23)21-11-15(17(22)20-10-14-2-3-14)19(12-21)5-8-24-9-6-19/h4,7,14-15H,2-3,5-6,8-12H2,1H3,(H,20,22)/t15-/m1/s1. The minimum atomic E-state index is -0.165. The summed E-state index contributed by atoms with van der Waals surface area (Å²) in [6.07, 6.45) is 5.63. The number of hydrogen-bond donors (Lipinski definition) is 1. The van der Waals surface area contributed by atoms with Gasteiger partial charge in [-0.05, 0) is 44.6 Å². The van der Waals surface area contributed by atoms with Gasteiger partial charge < -0.3 is 19.4 Å². The van der Waals surface area contributed by atoms with Crippen LogP contribution in [0.5, 0.6) is 0 Å². The first-order chi connectivity index (χ1) is 12.1. The number of nitrogens with one attached hydrogen (secondary N) is 1. The number of carbonyl (C=O) groups excluding carboxylic acids is 2. The number of nitrogens with zero attached hydrogens (tertiary/aromatic N) is 1. The molecule has 6 heteroatoms. The second kappa shape index (κ2) is 6.48. The molecular formula is C19H26N2O4. The van der Waals surface area contributed by atoms with Crippen molar-refractivity contribution in [2.75, 3.05) is 32.8 Å². The summed E-state index contributed by atoms with van der Waals surface area (Å²) in [5.41, 5.74) is 0.676. The van der Waals surface area contributed by atoms with Crippen molar-refractivity contribution in [3.05, 3.63) is 23.7 Å². The highest BCUT2D eigenvalue weighted by molar-refractivity contribution is 5.94. The summed E-state index contributed by atoms with van der Waals surface area (Å²) in [5.74, 6) is 0.876. The Morgan fingerprint density at radius 2 is 2.08 bits per heavy atom. The van der Waals surface area contributed by atoms with Gasteiger partial charge in [0.05, 0.1) is 12.2 Å². The van der Waals surface area contributed by atoms with Crippen LogP contribution in [-0.2, 0) is 9.53 Å². The van der Waals surface area contributed by atoms with Gasteiger partial charge in [-0.15, -0.1) is 0 Å². The topological polar surface area (TPSA) is 71.8 Å². The molecule has 1 aromatic rings. The minimum absolute atomic E-state index is 0.0975. The summed E-state index contributed by atoms with van der Waals surface area (Å²) in [6, 6.07) is 1.80. The van der Waals surface area contributed by atoms with E-state index in [0.717, 1.165) is 24.9 Å². The fourth-order valence-corrected chi connectivity index (χ4v) is 4.19. The zero-order valence-electron chi connectivity index (χ0n) is 14.8. The Bertz CT molecular complexity index is 658. The molecule has 25 heavy (non-hydrogen) atoms. The molecule has 3 heterocycles. The lowest BCUT2D eigenvalue weighted by molar-refractivity contribution is -0.129. The Morgan fingerprint density at radius 3 is 2.72 bits per heavy atom. The molecule has 136 valence electrons. The third-order valence-electron chi connectivity index (χ3n) is 6.06. The molecule has 3 aliphatic rings. The van der Waals surface area contributed by atoms with E-state index < -0.39 is 0 Å². The summed E-state index contributed by atoms with van der Waals surface area (Å²) in [4.78, 5) is 27.5. The molecule has 6 nitrogen and oxygen atoms in total. The van der Waals surface area contributed by atoms with E-state index in [4.69, 9.17) is 9.15 Å². The first-order valence-electron chi connectivity index (χ1n) is 9.28. The Labute approximate surface area is 147 Å². The molecule has 1 atom stereocenters. The molecule has 1 N–H and O–H groups in total. The van der Waals surface area contributed by atoms with Gasteiger partial charge in [-0.2, -0.15) is 0 Å². The van der Waals surface area contributed by atoms with E-state index in [-0.39, 0.29) is 23.1 Å². The fourth-order valence-electron chi connectivity index (χ4n) is 4.19. The van der Waals surface area contributed by atoms with E-state index in [9.17, 15) is 9.59 Å². The van der Waals surface area contributed by atoms with Crippen molar-refractivity contribution in [1.29, 1.82) is 0 Å². The monoisotopic (exact) mass is 346 g/mol. The van der Waals surface area contributed by atoms with Crippen LogP contribution in [-0.4, -0.2) is 49.6 Å². The van der Waals surface area contributed by atoms with Gasteiger partial charge >= 0.3 is 0 Å². The van der Waals surface area contributed by atoms with Crippen molar-refractivity contribution in [3.8, 4) is 0 Å². The summed E-state index contributed by atoms with van der Waals surface area (Å²) < 4.78 is 10.9. The number of ether oxygens (including phenoxy) is 1. The second-order valence-corrected chi connectivity index (χ2v) is 7.83. The summed E-state index contributed by atoms with van der Waals surface area (Å²) >= 11 is 0. The molecule has 1 saturated carbocycles. The van der Waals surface area contributed by atoms with Gasteiger partial charge in [0.2, 0.25) is 5.91 Å². The van der Waals surface area contributed by atoms with Crippen molar-refractivity contribution < 1.29 is 18.7 Å². The first-order valence-corrected chi connectivity index (χ1v) is 9.28. The van der Waals surface area contributed by atoms with Gasteiger partial charge in [0.25, 0.3) is 5.91 Å². The van der Waals surface area contributed by atoms with Crippen molar-refractivity contribution in [1.82, 2.24) is 10.2 Å². The number of likely N-dealkylation sites (tertiary alicyclic amines) is 1. The van der Waals surface area contributed by atoms with Crippen LogP contribution in [0.1, 0.15) is 41.8 Å². The normalized spacial score (nSPS) is 25.3. The maximum atomic E-state index is 12.9. The maximum absolute atomic E-state index is 12.9. The Hall–Kier alpha value is -1.82. The fraction of sp³-hybridized carbons (Fsp3) is 0.684. The van der Waals surface area contributed by atoms with Crippen LogP contribution in [0, 0.1) is 24.2 Å². The number of furan rings is 1. The molecule has 0 aromatic carbocycles. The van der Waals surface area contributed by atoms with E-state index >= 15 is 0 Å². The molecule has 0 unspecified atom stereocenters.